The third-order valence-electron chi connectivity index (χ3n) is 3.23. The molecule has 19 heavy (non-hydrogen) atoms. The van der Waals surface area contributed by atoms with Crippen LogP contribution in [0.3, 0.4) is 0 Å². The van der Waals surface area contributed by atoms with Gasteiger partial charge in [0.2, 0.25) is 5.91 Å². The quantitative estimate of drug-likeness (QED) is 0.718. The molecule has 0 N–H and O–H groups in total. The summed E-state index contributed by atoms with van der Waals surface area (Å²) in [5, 5.41) is 0. The largest absolute Gasteiger partial charge is 0.334 e. The molecule has 1 aromatic heterocycles. The number of halogens is 1. The van der Waals surface area contributed by atoms with E-state index in [0.29, 0.717) is 25.4 Å². The lowest BCUT2D eigenvalue weighted by Crippen LogP contribution is -2.31. The van der Waals surface area contributed by atoms with Crippen molar-refractivity contribution in [2.24, 2.45) is 5.92 Å². The Morgan fingerprint density at radius 1 is 1.58 bits per heavy atom. The Kier molecular flexibility index (Phi) is 5.23. The molecule has 1 aromatic rings. The van der Waals surface area contributed by atoms with Crippen molar-refractivity contribution in [3.63, 3.8) is 0 Å². The smallest absolute Gasteiger partial charge is 0.223 e. The SMILES string of the molecule is C=CCN(Cc1ccc(Cl)s1)C(=O)CC1C=CCC1. The van der Waals surface area contributed by atoms with E-state index in [-0.39, 0.29) is 5.91 Å². The number of hydrogen-bond donors (Lipinski definition) is 0. The van der Waals surface area contributed by atoms with Gasteiger partial charge < -0.3 is 4.90 Å². The molecule has 2 nitrogen and oxygen atoms in total. The van der Waals surface area contributed by atoms with Gasteiger partial charge in [-0.3, -0.25) is 4.79 Å². The maximum Gasteiger partial charge on any atom is 0.223 e. The fourth-order valence-electron chi connectivity index (χ4n) is 2.25. The normalized spacial score (nSPS) is 17.6. The molecule has 0 saturated heterocycles. The summed E-state index contributed by atoms with van der Waals surface area (Å²) in [6.45, 7) is 4.94. The molecule has 1 aliphatic carbocycles. The maximum atomic E-state index is 12.3. The third kappa shape index (κ3) is 4.22. The monoisotopic (exact) mass is 295 g/mol. The van der Waals surface area contributed by atoms with Gasteiger partial charge in [-0.05, 0) is 30.9 Å². The van der Waals surface area contributed by atoms with Gasteiger partial charge in [0.25, 0.3) is 0 Å². The molecule has 102 valence electrons. The standard InChI is InChI=1S/C15H18ClNOS/c1-2-9-17(11-13-7-8-14(16)19-13)15(18)10-12-5-3-4-6-12/h2-3,5,7-8,12H,1,4,6,9-11H2. The van der Waals surface area contributed by atoms with E-state index >= 15 is 0 Å². The number of amides is 1. The summed E-state index contributed by atoms with van der Waals surface area (Å²) < 4.78 is 0.764. The Hall–Kier alpha value is -1.06. The zero-order valence-electron chi connectivity index (χ0n) is 10.8. The van der Waals surface area contributed by atoms with E-state index in [1.54, 1.807) is 6.08 Å². The van der Waals surface area contributed by atoms with E-state index < -0.39 is 0 Å². The van der Waals surface area contributed by atoms with E-state index in [2.05, 4.69) is 18.7 Å². The van der Waals surface area contributed by atoms with Crippen LogP contribution in [0.15, 0.2) is 36.9 Å². The van der Waals surface area contributed by atoms with Gasteiger partial charge in [-0.25, -0.2) is 0 Å². The average molecular weight is 296 g/mol. The second-order valence-electron chi connectivity index (χ2n) is 4.74. The van der Waals surface area contributed by atoms with Crippen LogP contribution in [0.5, 0.6) is 0 Å². The fourth-order valence-corrected chi connectivity index (χ4v) is 3.36. The lowest BCUT2D eigenvalue weighted by atomic mass is 10.0. The van der Waals surface area contributed by atoms with Gasteiger partial charge in [0.05, 0.1) is 10.9 Å². The first kappa shape index (κ1) is 14.4. The molecule has 1 heterocycles. The van der Waals surface area contributed by atoms with E-state index in [0.717, 1.165) is 22.1 Å². The van der Waals surface area contributed by atoms with Crippen LogP contribution in [0.2, 0.25) is 4.34 Å². The van der Waals surface area contributed by atoms with Crippen molar-refractivity contribution in [3.8, 4) is 0 Å². The summed E-state index contributed by atoms with van der Waals surface area (Å²) in [4.78, 5) is 15.3. The van der Waals surface area contributed by atoms with E-state index in [1.165, 1.54) is 11.3 Å². The molecule has 0 bridgehead atoms. The molecule has 0 radical (unpaired) electrons. The molecule has 1 aliphatic rings. The van der Waals surface area contributed by atoms with Crippen molar-refractivity contribution in [1.29, 1.82) is 0 Å². The molecule has 1 unspecified atom stereocenters. The van der Waals surface area contributed by atoms with Gasteiger partial charge in [0.1, 0.15) is 0 Å². The van der Waals surface area contributed by atoms with Gasteiger partial charge in [-0.2, -0.15) is 0 Å². The number of carbonyl (C=O) groups is 1. The highest BCUT2D eigenvalue weighted by Gasteiger charge is 2.19. The number of rotatable bonds is 6. The Morgan fingerprint density at radius 2 is 2.42 bits per heavy atom. The van der Waals surface area contributed by atoms with Gasteiger partial charge >= 0.3 is 0 Å². The lowest BCUT2D eigenvalue weighted by Gasteiger charge is -2.21. The minimum absolute atomic E-state index is 0.195. The first-order valence-electron chi connectivity index (χ1n) is 6.48. The van der Waals surface area contributed by atoms with E-state index in [9.17, 15) is 4.79 Å². The summed E-state index contributed by atoms with van der Waals surface area (Å²) in [6.07, 6.45) is 8.89. The van der Waals surface area contributed by atoms with Crippen LogP contribution in [0.1, 0.15) is 24.1 Å². The van der Waals surface area contributed by atoms with Crippen molar-refractivity contribution in [2.45, 2.75) is 25.8 Å². The molecule has 0 spiro atoms. The predicted octanol–water partition coefficient (Wildman–Crippen LogP) is 4.27. The second-order valence-corrected chi connectivity index (χ2v) is 6.54. The summed E-state index contributed by atoms with van der Waals surface area (Å²) in [6, 6.07) is 3.85. The maximum absolute atomic E-state index is 12.3. The topological polar surface area (TPSA) is 20.3 Å². The summed E-state index contributed by atoms with van der Waals surface area (Å²) in [7, 11) is 0. The molecular formula is C15H18ClNOS. The number of thiophene rings is 1. The van der Waals surface area contributed by atoms with Gasteiger partial charge in [0.15, 0.2) is 0 Å². The summed E-state index contributed by atoms with van der Waals surface area (Å²) >= 11 is 7.45. The first-order valence-corrected chi connectivity index (χ1v) is 7.68. The van der Waals surface area contributed by atoms with Crippen molar-refractivity contribution in [1.82, 2.24) is 4.90 Å². The highest BCUT2D eigenvalue weighted by molar-refractivity contribution is 7.16. The Morgan fingerprint density at radius 3 is 3.00 bits per heavy atom. The summed E-state index contributed by atoms with van der Waals surface area (Å²) in [5.41, 5.74) is 0. The molecule has 0 saturated carbocycles. The zero-order chi connectivity index (χ0) is 13.7. The van der Waals surface area contributed by atoms with Crippen molar-refractivity contribution in [3.05, 3.63) is 46.2 Å². The molecule has 0 aliphatic heterocycles. The van der Waals surface area contributed by atoms with Crippen LogP contribution < -0.4 is 0 Å². The van der Waals surface area contributed by atoms with Crippen LogP contribution in [0, 0.1) is 5.92 Å². The minimum Gasteiger partial charge on any atom is -0.334 e. The Balaban J connectivity index is 1.95. The minimum atomic E-state index is 0.195. The van der Waals surface area contributed by atoms with Crippen molar-refractivity contribution in [2.75, 3.05) is 6.54 Å². The number of hydrogen-bond acceptors (Lipinski definition) is 2. The van der Waals surface area contributed by atoms with E-state index in [1.807, 2.05) is 17.0 Å². The van der Waals surface area contributed by atoms with Crippen molar-refractivity contribution >= 4 is 28.8 Å². The third-order valence-corrected chi connectivity index (χ3v) is 4.44. The van der Waals surface area contributed by atoms with Gasteiger partial charge in [0, 0.05) is 17.8 Å². The fraction of sp³-hybridized carbons (Fsp3) is 0.400. The van der Waals surface area contributed by atoms with Gasteiger partial charge in [-0.15, -0.1) is 17.9 Å². The molecule has 0 fully saturated rings. The molecule has 4 heteroatoms. The second kappa shape index (κ2) is 6.92. The average Bonchev–Trinajstić information content (AvgIpc) is 3.01. The Bertz CT molecular complexity index is 480. The molecule has 2 rings (SSSR count). The highest BCUT2D eigenvalue weighted by atomic mass is 35.5. The molecular weight excluding hydrogens is 278 g/mol. The zero-order valence-corrected chi connectivity index (χ0v) is 12.4. The number of nitrogens with zero attached hydrogens (tertiary/aromatic N) is 1. The summed E-state index contributed by atoms with van der Waals surface area (Å²) in [5.74, 6) is 0.604. The van der Waals surface area contributed by atoms with E-state index in [4.69, 9.17) is 11.6 Å². The van der Waals surface area contributed by atoms with Gasteiger partial charge in [-0.1, -0.05) is 29.8 Å². The highest BCUT2D eigenvalue weighted by Crippen LogP contribution is 2.25. The van der Waals surface area contributed by atoms with Crippen LogP contribution >= 0.6 is 22.9 Å². The van der Waals surface area contributed by atoms with Crippen LogP contribution in [0.4, 0.5) is 0 Å². The number of carbonyl (C=O) groups excluding carboxylic acids is 1. The molecule has 1 amide bonds. The van der Waals surface area contributed by atoms with Crippen LogP contribution in [-0.4, -0.2) is 17.4 Å². The molecule has 1 atom stereocenters. The van der Waals surface area contributed by atoms with Crippen molar-refractivity contribution < 1.29 is 4.79 Å². The predicted molar refractivity (Wildman–Crippen MR) is 81.4 cm³/mol. The van der Waals surface area contributed by atoms with Crippen LogP contribution in [0.25, 0.3) is 0 Å². The first-order chi connectivity index (χ1) is 9.19. The van der Waals surface area contributed by atoms with Crippen LogP contribution in [-0.2, 0) is 11.3 Å². The molecule has 0 aromatic carbocycles. The lowest BCUT2D eigenvalue weighted by molar-refractivity contribution is -0.131. The Labute approximate surface area is 123 Å². The number of allylic oxidation sites excluding steroid dienone is 2.